The van der Waals surface area contributed by atoms with Crippen molar-refractivity contribution in [2.45, 2.75) is 156 Å². The number of carboxylic acid groups (broad SMARTS) is 4. The van der Waals surface area contributed by atoms with Crippen molar-refractivity contribution in [1.82, 2.24) is 19.6 Å². The fourth-order valence-corrected chi connectivity index (χ4v) is 19.6. The van der Waals surface area contributed by atoms with Crippen LogP contribution in [0.25, 0.3) is 22.3 Å². The predicted octanol–water partition coefficient (Wildman–Crippen LogP) is 20.1. The van der Waals surface area contributed by atoms with Crippen molar-refractivity contribution in [1.29, 1.82) is 0 Å². The van der Waals surface area contributed by atoms with E-state index in [0.717, 1.165) is 193 Å². The molecule has 8 aromatic carbocycles. The number of carboxylic acids is 4. The van der Waals surface area contributed by atoms with Crippen LogP contribution in [-0.2, 0) is 63.5 Å². The molecule has 4 N–H and O–H groups in total. The Labute approximate surface area is 704 Å². The number of nitrogens with zero attached hydrogens (tertiary/aromatic N) is 4. The lowest BCUT2D eigenvalue weighted by Crippen LogP contribution is -2.42. The molecule has 5 aliphatic heterocycles. The number of thioether (sulfide) groups is 1. The predicted molar refractivity (Wildman–Crippen MR) is 469 cm³/mol. The molecule has 14 nitrogen and oxygen atoms in total. The molecule has 0 saturated carbocycles. The van der Waals surface area contributed by atoms with Gasteiger partial charge in [-0.15, -0.1) is 11.8 Å². The van der Waals surface area contributed by atoms with Crippen molar-refractivity contribution < 1.29 is 62.2 Å². The standard InChI is InChI=1S/C26H30FNO3.C26H31NO3.C25H28FNO2.C24H26FNO2S/c1-26(2,25(29)30)16-28-12-10-17(11-13-28)24-22-8-6-20(27)14-18(22)4-5-19-15-21(31-3)7-9-23(19)24;1-26(2,25(28)29)17-27-14-12-19(13-15-27)24-22-7-5-4-6-18(22)8-9-20-16-21(30-3)10-11-23(20)24;1-25(2,24(28)29)16-27-13-11-18(12-14-27)23-21-6-4-3-5-17(21)7-8-19-15-20(26)9-10-22(19)23;1-24(2,23(27)28)15-26-11-9-16(10-12-26)22-19-8-7-18(25)13-17(19)14-29-21-6-4-3-5-20(21)22/h6-9,14-15H,4-5,10-13,16H2,1-3H3,(H,29,30);4-7,10-11,16H,8-9,12-15,17H2,1-3H3,(H,28,29);3-6,9-10,15H,7-8,11-14,16H2,1-2H3,(H,28,29);3-8,13H,9-12,14-15H2,1-2H3,(H,27,28). The fourth-order valence-electron chi connectivity index (χ4n) is 18.5. The summed E-state index contributed by atoms with van der Waals surface area (Å²) >= 11 is 1.76. The largest absolute Gasteiger partial charge is 0.497 e. The van der Waals surface area contributed by atoms with Gasteiger partial charge in [0.25, 0.3) is 0 Å². The number of fused-ring (bicyclic) bond motifs is 8. The second-order valence-electron chi connectivity index (χ2n) is 35.8. The number of piperidine rings is 4. The molecule has 0 amide bonds. The van der Waals surface area contributed by atoms with Crippen LogP contribution in [0.3, 0.4) is 0 Å². The van der Waals surface area contributed by atoms with Crippen LogP contribution in [0.15, 0.2) is 191 Å². The fraction of sp³-hybridized carbons (Fsp3) is 0.406. The quantitative estimate of drug-likeness (QED) is 0.0807. The lowest BCUT2D eigenvalue weighted by molar-refractivity contribution is -0.148. The van der Waals surface area contributed by atoms with Crippen LogP contribution in [0.1, 0.15) is 190 Å². The molecular weight excluding hydrogens is 1520 g/mol. The number of aliphatic carboxylic acids is 4. The second kappa shape index (κ2) is 37.4. The molecule has 0 bridgehead atoms. The first-order valence-corrected chi connectivity index (χ1v) is 43.2. The molecule has 0 spiro atoms. The van der Waals surface area contributed by atoms with Crippen LogP contribution in [0.4, 0.5) is 13.2 Å². The van der Waals surface area contributed by atoms with Gasteiger partial charge in [0.1, 0.15) is 29.0 Å². The second-order valence-corrected chi connectivity index (χ2v) is 36.8. The molecule has 0 radical (unpaired) electrons. The van der Waals surface area contributed by atoms with Crippen LogP contribution in [0.5, 0.6) is 11.5 Å². The lowest BCUT2D eigenvalue weighted by Gasteiger charge is -2.34. The smallest absolute Gasteiger partial charge is 0.310 e. The van der Waals surface area contributed by atoms with E-state index in [9.17, 15) is 52.8 Å². The Hall–Kier alpha value is -9.82. The monoisotopic (exact) mass is 1630 g/mol. The average molecular weight is 1630 g/mol. The van der Waals surface area contributed by atoms with Gasteiger partial charge in [0.15, 0.2) is 0 Å². The number of ether oxygens (including phenoxy) is 2. The Kier molecular flexibility index (Phi) is 27.4. The molecule has 4 fully saturated rings. The SMILES string of the molecule is CC(C)(CN1CCC(=C2c3ccc(F)cc3CSc3ccccc32)CC1)C(=O)O.CC(C)(CN1CCC(=C2c3ccccc3CCc3cc(F)ccc32)CC1)C(=O)O.COc1ccc2c(c1)CCc1cc(F)ccc1C2=C1CCN(CC(C)(C)C(=O)O)CC1.COc1ccc2c(c1)CCc1ccccc1C2=C1CCN(CC(C)(C)C(=O)O)CC1. The van der Waals surface area contributed by atoms with Crippen LogP contribution in [-0.4, -0.2) is 157 Å². The van der Waals surface area contributed by atoms with E-state index in [1.807, 2.05) is 38.1 Å². The zero-order valence-corrected chi connectivity index (χ0v) is 71.6. The molecule has 0 aromatic heterocycles. The van der Waals surface area contributed by atoms with Crippen LogP contribution in [0, 0.1) is 39.1 Å². The highest BCUT2D eigenvalue weighted by molar-refractivity contribution is 7.98. The maximum Gasteiger partial charge on any atom is 0.310 e. The van der Waals surface area contributed by atoms with Crippen molar-refractivity contribution in [2.24, 2.45) is 21.7 Å². The maximum atomic E-state index is 14.0. The zero-order chi connectivity index (χ0) is 84.7. The van der Waals surface area contributed by atoms with Gasteiger partial charge < -0.3 is 49.5 Å². The minimum atomic E-state index is -0.765. The molecule has 8 aromatic rings. The van der Waals surface area contributed by atoms with E-state index in [0.29, 0.717) is 26.2 Å². The maximum absolute atomic E-state index is 14.0. The first kappa shape index (κ1) is 87.0. The molecule has 0 atom stereocenters. The Morgan fingerprint density at radius 2 is 0.555 bits per heavy atom. The highest BCUT2D eigenvalue weighted by atomic mass is 32.2. The third-order valence-corrected chi connectivity index (χ3v) is 26.4. The third-order valence-electron chi connectivity index (χ3n) is 25.3. The van der Waals surface area contributed by atoms with E-state index in [1.165, 1.54) is 99.6 Å². The minimum Gasteiger partial charge on any atom is -0.497 e. The summed E-state index contributed by atoms with van der Waals surface area (Å²) in [7, 11) is 3.40. The number of aryl methyl sites for hydroxylation is 6. The van der Waals surface area contributed by atoms with Crippen LogP contribution < -0.4 is 9.47 Å². The molecular formula is C101H115F3N4O10S. The Morgan fingerprint density at radius 1 is 0.311 bits per heavy atom. The molecule has 16 rings (SSSR count). The Balaban J connectivity index is 0.000000137. The molecule has 119 heavy (non-hydrogen) atoms. The lowest BCUT2D eigenvalue weighted by atomic mass is 9.85. The van der Waals surface area contributed by atoms with E-state index in [4.69, 9.17) is 9.47 Å². The minimum absolute atomic E-state index is 0.176. The van der Waals surface area contributed by atoms with Gasteiger partial charge in [-0.2, -0.15) is 0 Å². The molecule has 0 unspecified atom stereocenters. The third kappa shape index (κ3) is 20.5. The van der Waals surface area contributed by atoms with Crippen molar-refractivity contribution in [3.8, 4) is 11.5 Å². The summed E-state index contributed by atoms with van der Waals surface area (Å²) < 4.78 is 52.8. The molecule has 4 saturated heterocycles. The van der Waals surface area contributed by atoms with E-state index in [-0.39, 0.29) is 17.5 Å². The highest BCUT2D eigenvalue weighted by Crippen LogP contribution is 2.47. The number of carbonyl (C=O) groups is 4. The average Bonchev–Trinajstić information content (AvgIpc) is 1.73. The van der Waals surface area contributed by atoms with Crippen LogP contribution >= 0.6 is 11.8 Å². The summed E-state index contributed by atoms with van der Waals surface area (Å²) in [5, 5.41) is 37.8. The van der Waals surface area contributed by atoms with Gasteiger partial charge in [-0.3, -0.25) is 19.2 Å². The van der Waals surface area contributed by atoms with Gasteiger partial charge in [-0.05, 0) is 318 Å². The Morgan fingerprint density at radius 3 is 0.866 bits per heavy atom. The number of benzene rings is 8. The molecule has 8 aliphatic rings. The number of methoxy groups -OCH3 is 2. The first-order chi connectivity index (χ1) is 56.9. The zero-order valence-electron chi connectivity index (χ0n) is 70.7. The number of hydrogen-bond acceptors (Lipinski definition) is 11. The number of hydrogen-bond donors (Lipinski definition) is 4. The number of halogens is 3. The molecule has 5 heterocycles. The summed E-state index contributed by atoms with van der Waals surface area (Å²) in [6.07, 6.45) is 12.8. The summed E-state index contributed by atoms with van der Waals surface area (Å²) in [5.74, 6) is -1.05. The van der Waals surface area contributed by atoms with Gasteiger partial charge in [-0.25, -0.2) is 13.2 Å². The van der Waals surface area contributed by atoms with Crippen LogP contribution in [0.2, 0.25) is 0 Å². The van der Waals surface area contributed by atoms with Crippen molar-refractivity contribution in [3.63, 3.8) is 0 Å². The summed E-state index contributed by atoms with van der Waals surface area (Å²) in [6, 6.07) is 54.0. The van der Waals surface area contributed by atoms with Gasteiger partial charge in [-0.1, -0.05) is 119 Å². The number of likely N-dealkylation sites (tertiary alicyclic amines) is 4. The summed E-state index contributed by atoms with van der Waals surface area (Å²) in [4.78, 5) is 56.3. The normalized spacial score (nSPS) is 17.3. The van der Waals surface area contributed by atoms with Crippen molar-refractivity contribution in [2.75, 3.05) is 92.8 Å². The molecule has 18 heteroatoms. The molecule has 3 aliphatic carbocycles. The van der Waals surface area contributed by atoms with E-state index >= 15 is 0 Å². The highest BCUT2D eigenvalue weighted by Gasteiger charge is 2.38. The first-order valence-electron chi connectivity index (χ1n) is 42.2. The van der Waals surface area contributed by atoms with Gasteiger partial charge in [0, 0.05) is 89.2 Å². The van der Waals surface area contributed by atoms with Crippen molar-refractivity contribution in [3.05, 3.63) is 287 Å². The topological polar surface area (TPSA) is 181 Å². The summed E-state index contributed by atoms with van der Waals surface area (Å²) in [6.45, 7) is 23.5. The molecule has 626 valence electrons. The van der Waals surface area contributed by atoms with Gasteiger partial charge in [0.2, 0.25) is 0 Å². The van der Waals surface area contributed by atoms with Crippen molar-refractivity contribution >= 4 is 57.9 Å². The summed E-state index contributed by atoms with van der Waals surface area (Å²) in [5.41, 5.74) is 26.1. The van der Waals surface area contributed by atoms with E-state index < -0.39 is 45.5 Å². The van der Waals surface area contributed by atoms with Gasteiger partial charge in [0.05, 0.1) is 35.9 Å². The number of rotatable bonds is 14. The Bertz CT molecular complexity index is 5090. The van der Waals surface area contributed by atoms with E-state index in [1.54, 1.807) is 104 Å². The van der Waals surface area contributed by atoms with E-state index in [2.05, 4.69) is 123 Å². The van der Waals surface area contributed by atoms with Gasteiger partial charge >= 0.3 is 23.9 Å².